The van der Waals surface area contributed by atoms with E-state index in [4.69, 9.17) is 0 Å². The Morgan fingerprint density at radius 1 is 0.406 bits per heavy atom. The van der Waals surface area contributed by atoms with Crippen LogP contribution in [0.4, 0.5) is 0 Å². The summed E-state index contributed by atoms with van der Waals surface area (Å²) >= 11 is 0. The van der Waals surface area contributed by atoms with Gasteiger partial charge in [0.2, 0.25) is 0 Å². The summed E-state index contributed by atoms with van der Waals surface area (Å²) in [6.45, 7) is 14.2. The van der Waals surface area contributed by atoms with Crippen LogP contribution in [-0.4, -0.2) is 26.1 Å². The Balaban J connectivity index is 1.51. The zero-order chi connectivity index (χ0) is 22.9. The van der Waals surface area contributed by atoms with Gasteiger partial charge in [-0.3, -0.25) is 9.97 Å². The van der Waals surface area contributed by atoms with Crippen molar-refractivity contribution in [3.63, 3.8) is 0 Å². The van der Waals surface area contributed by atoms with Gasteiger partial charge in [-0.05, 0) is 23.3 Å². The van der Waals surface area contributed by atoms with E-state index in [2.05, 4.69) is 122 Å². The lowest BCUT2D eigenvalue weighted by atomic mass is 10.1. The topological polar surface area (TPSA) is 25.8 Å². The average molecular weight is 453 g/mol. The normalized spacial score (nSPS) is 12.1. The Morgan fingerprint density at radius 3 is 0.969 bits per heavy atom. The van der Waals surface area contributed by atoms with Crippen molar-refractivity contribution >= 4 is 26.5 Å². The minimum atomic E-state index is -1.27. The van der Waals surface area contributed by atoms with Gasteiger partial charge in [0.05, 0.1) is 27.5 Å². The van der Waals surface area contributed by atoms with Crippen LogP contribution in [-0.2, 0) is 0 Å². The molecule has 0 fully saturated rings. The molecule has 2 aromatic heterocycles. The molecule has 0 aliphatic carbocycles. The molecule has 0 spiro atoms. The first-order chi connectivity index (χ1) is 15.1. The largest absolute Gasteiger partial charge is 0.254 e. The number of hydrogen-bond donors (Lipinski definition) is 0. The summed E-state index contributed by atoms with van der Waals surface area (Å²) in [5, 5.41) is 2.95. The van der Waals surface area contributed by atoms with E-state index in [1.807, 2.05) is 12.4 Å². The van der Waals surface area contributed by atoms with E-state index in [1.165, 1.54) is 21.5 Å². The summed E-state index contributed by atoms with van der Waals surface area (Å²) in [6, 6.07) is 26.3. The van der Waals surface area contributed by atoms with Crippen molar-refractivity contribution in [1.29, 1.82) is 0 Å². The van der Waals surface area contributed by atoms with Crippen LogP contribution in [0.5, 0.6) is 0 Å². The number of benzene rings is 2. The van der Waals surface area contributed by atoms with Crippen molar-refractivity contribution in [3.05, 3.63) is 85.2 Å². The highest BCUT2D eigenvalue weighted by Gasteiger charge is 2.16. The molecule has 4 rings (SSSR count). The highest BCUT2D eigenvalue weighted by Crippen LogP contribution is 2.24. The predicted octanol–water partition coefficient (Wildman–Crippen LogP) is 6.57. The molecule has 0 bridgehead atoms. The summed E-state index contributed by atoms with van der Waals surface area (Å²) < 4.78 is 0. The minimum Gasteiger partial charge on any atom is -0.254 e. The lowest BCUT2D eigenvalue weighted by molar-refractivity contribution is 1.25. The zero-order valence-corrected chi connectivity index (χ0v) is 22.0. The lowest BCUT2D eigenvalue weighted by Gasteiger charge is -2.17. The molecule has 0 saturated carbocycles. The highest BCUT2D eigenvalue weighted by atomic mass is 28.3. The third-order valence-corrected chi connectivity index (χ3v) is 10.1. The molecule has 0 N–H and O–H groups in total. The third-order valence-electron chi connectivity index (χ3n) is 5.96. The highest BCUT2D eigenvalue weighted by molar-refractivity contribution is 6.89. The van der Waals surface area contributed by atoms with Crippen LogP contribution >= 0.6 is 0 Å². The van der Waals surface area contributed by atoms with Gasteiger partial charge in [0, 0.05) is 23.5 Å². The van der Waals surface area contributed by atoms with Gasteiger partial charge >= 0.3 is 0 Å². The van der Waals surface area contributed by atoms with Crippen LogP contribution in [0.25, 0.3) is 33.6 Å². The fourth-order valence-corrected chi connectivity index (χ4v) is 6.09. The van der Waals surface area contributed by atoms with Gasteiger partial charge in [0.15, 0.2) is 0 Å². The molecule has 0 atom stereocenters. The number of rotatable bonds is 5. The van der Waals surface area contributed by atoms with E-state index >= 15 is 0 Å². The fraction of sp³-hybridized carbons (Fsp3) is 0.214. The summed E-state index contributed by atoms with van der Waals surface area (Å²) in [7, 11) is -2.55. The molecule has 0 aliphatic rings. The standard InChI is InChI=1S/C28H32N2Si2/c1-31(2,3)25-13-7-21(8-14-25)23-11-17-27(29-19-23)28-18-12-24(20-30-28)22-9-15-26(16-10-22)32(4,5)6/h7-20H,1-6H3. The van der Waals surface area contributed by atoms with E-state index in [1.54, 1.807) is 0 Å². The molecule has 4 aromatic rings. The molecular weight excluding hydrogens is 420 g/mol. The van der Waals surface area contributed by atoms with Crippen LogP contribution in [0.2, 0.25) is 39.3 Å². The van der Waals surface area contributed by atoms with Crippen LogP contribution in [0.1, 0.15) is 0 Å². The first-order valence-corrected chi connectivity index (χ1v) is 18.3. The SMILES string of the molecule is C[Si](C)(C)c1ccc(-c2ccc(-c3ccc(-c4ccc([Si](C)(C)C)cc4)cn3)nc2)cc1. The second-order valence-electron chi connectivity index (χ2n) is 10.5. The number of pyridine rings is 2. The Morgan fingerprint density at radius 2 is 0.719 bits per heavy atom. The maximum atomic E-state index is 4.69. The van der Waals surface area contributed by atoms with E-state index in [-0.39, 0.29) is 0 Å². The maximum absolute atomic E-state index is 4.69. The minimum absolute atomic E-state index is 0.896. The summed E-state index contributed by atoms with van der Waals surface area (Å²) in [4.78, 5) is 9.38. The van der Waals surface area contributed by atoms with Crippen LogP contribution in [0.3, 0.4) is 0 Å². The van der Waals surface area contributed by atoms with E-state index in [9.17, 15) is 0 Å². The van der Waals surface area contributed by atoms with Crippen molar-refractivity contribution in [3.8, 4) is 33.6 Å². The Bertz CT molecular complexity index is 1080. The van der Waals surface area contributed by atoms with E-state index < -0.39 is 16.1 Å². The molecule has 0 aliphatic heterocycles. The smallest absolute Gasteiger partial charge is 0.0886 e. The second kappa shape index (κ2) is 8.60. The zero-order valence-electron chi connectivity index (χ0n) is 20.0. The predicted molar refractivity (Wildman–Crippen MR) is 144 cm³/mol. The van der Waals surface area contributed by atoms with E-state index in [0.29, 0.717) is 0 Å². The Labute approximate surface area is 194 Å². The second-order valence-corrected chi connectivity index (χ2v) is 20.7. The molecule has 4 heteroatoms. The quantitative estimate of drug-likeness (QED) is 0.320. The summed E-state index contributed by atoms with van der Waals surface area (Å²) in [5.41, 5.74) is 6.47. The van der Waals surface area contributed by atoms with Crippen molar-refractivity contribution in [2.45, 2.75) is 39.3 Å². The van der Waals surface area contributed by atoms with Crippen molar-refractivity contribution in [1.82, 2.24) is 9.97 Å². The molecule has 0 radical (unpaired) electrons. The van der Waals surface area contributed by atoms with Crippen molar-refractivity contribution in [2.24, 2.45) is 0 Å². The summed E-state index contributed by atoms with van der Waals surface area (Å²) in [5.74, 6) is 0. The average Bonchev–Trinajstić information content (AvgIpc) is 2.78. The van der Waals surface area contributed by atoms with E-state index in [0.717, 1.165) is 22.5 Å². The van der Waals surface area contributed by atoms with Gasteiger partial charge in [-0.1, -0.05) is 110 Å². The lowest BCUT2D eigenvalue weighted by Crippen LogP contribution is -2.37. The first-order valence-electron chi connectivity index (χ1n) is 11.3. The van der Waals surface area contributed by atoms with Gasteiger partial charge < -0.3 is 0 Å². The maximum Gasteiger partial charge on any atom is 0.0886 e. The number of hydrogen-bond acceptors (Lipinski definition) is 2. The molecule has 2 heterocycles. The third kappa shape index (κ3) is 4.97. The number of nitrogens with zero attached hydrogens (tertiary/aromatic N) is 2. The van der Waals surface area contributed by atoms with Crippen molar-refractivity contribution < 1.29 is 0 Å². The van der Waals surface area contributed by atoms with Gasteiger partial charge in [0.25, 0.3) is 0 Å². The Kier molecular flexibility index (Phi) is 6.01. The molecule has 2 nitrogen and oxygen atoms in total. The molecule has 0 saturated heterocycles. The molecule has 2 aromatic carbocycles. The van der Waals surface area contributed by atoms with Gasteiger partial charge in [0.1, 0.15) is 0 Å². The molecule has 32 heavy (non-hydrogen) atoms. The van der Waals surface area contributed by atoms with Crippen LogP contribution in [0.15, 0.2) is 85.2 Å². The Hall–Kier alpha value is -2.83. The van der Waals surface area contributed by atoms with Gasteiger partial charge in [-0.2, -0.15) is 0 Å². The number of aromatic nitrogens is 2. The fourth-order valence-electron chi connectivity index (χ4n) is 3.76. The first kappa shape index (κ1) is 22.4. The molecular formula is C28H32N2Si2. The monoisotopic (exact) mass is 452 g/mol. The van der Waals surface area contributed by atoms with Gasteiger partial charge in [-0.25, -0.2) is 0 Å². The van der Waals surface area contributed by atoms with Crippen molar-refractivity contribution in [2.75, 3.05) is 0 Å². The molecule has 0 amide bonds. The van der Waals surface area contributed by atoms with Crippen LogP contribution in [0, 0.1) is 0 Å². The van der Waals surface area contributed by atoms with Crippen LogP contribution < -0.4 is 10.4 Å². The molecule has 162 valence electrons. The molecule has 0 unspecified atom stereocenters. The summed E-state index contributed by atoms with van der Waals surface area (Å²) in [6.07, 6.45) is 3.90. The van der Waals surface area contributed by atoms with Gasteiger partial charge in [-0.15, -0.1) is 0 Å².